The fourth-order valence-electron chi connectivity index (χ4n) is 4.68. The van der Waals surface area contributed by atoms with Crippen molar-refractivity contribution in [1.82, 2.24) is 9.47 Å². The fourth-order valence-corrected chi connectivity index (χ4v) is 4.68. The summed E-state index contributed by atoms with van der Waals surface area (Å²) < 4.78 is 2.06. The molecule has 1 aromatic heterocycles. The third-order valence-electron chi connectivity index (χ3n) is 6.80. The van der Waals surface area contributed by atoms with E-state index in [1.807, 2.05) is 51.1 Å². The van der Waals surface area contributed by atoms with Gasteiger partial charge < -0.3 is 4.57 Å². The minimum absolute atomic E-state index is 0.138. The predicted molar refractivity (Wildman–Crippen MR) is 132 cm³/mol. The van der Waals surface area contributed by atoms with Crippen molar-refractivity contribution in [1.29, 1.82) is 10.5 Å². The molecule has 33 heavy (non-hydrogen) atoms. The molecule has 3 rings (SSSR count). The van der Waals surface area contributed by atoms with Crippen LogP contribution in [0.25, 0.3) is 11.8 Å². The summed E-state index contributed by atoms with van der Waals surface area (Å²) in [5, 5.41) is 18.5. The molecule has 1 saturated heterocycles. The van der Waals surface area contributed by atoms with Crippen LogP contribution in [0.2, 0.25) is 0 Å². The molecule has 2 atom stereocenters. The lowest BCUT2D eigenvalue weighted by Gasteiger charge is -2.26. The Hall–Kier alpha value is -3.15. The maximum Gasteiger partial charge on any atom is 0.178 e. The van der Waals surface area contributed by atoms with Crippen LogP contribution in [0.3, 0.4) is 0 Å². The Morgan fingerprint density at radius 1 is 1.21 bits per heavy atom. The number of rotatable bonds is 8. The molecule has 172 valence electrons. The summed E-state index contributed by atoms with van der Waals surface area (Å²) in [6, 6.07) is 14.7. The second kappa shape index (κ2) is 10.2. The second-order valence-electron chi connectivity index (χ2n) is 9.75. The largest absolute Gasteiger partial charge is 0.314 e. The molecule has 2 unspecified atom stereocenters. The van der Waals surface area contributed by atoms with Gasteiger partial charge in [0.1, 0.15) is 0 Å². The molecule has 0 bridgehead atoms. The molecule has 1 aromatic carbocycles. The molecule has 2 aromatic rings. The Bertz CT molecular complexity index is 1110. The van der Waals surface area contributed by atoms with Gasteiger partial charge in [-0.25, -0.2) is 0 Å². The minimum Gasteiger partial charge on any atom is -0.314 e. The number of carbonyl (C=O) groups excluding carboxylic acids is 1. The maximum absolute atomic E-state index is 13.4. The number of likely N-dealkylation sites (tertiary alicyclic amines) is 1. The van der Waals surface area contributed by atoms with E-state index in [0.717, 1.165) is 41.9 Å². The van der Waals surface area contributed by atoms with Gasteiger partial charge in [0, 0.05) is 34.7 Å². The van der Waals surface area contributed by atoms with Crippen LogP contribution in [0.1, 0.15) is 80.7 Å². The van der Waals surface area contributed by atoms with Crippen LogP contribution in [0, 0.1) is 35.0 Å². The Morgan fingerprint density at radius 2 is 1.91 bits per heavy atom. The molecule has 0 aliphatic carbocycles. The van der Waals surface area contributed by atoms with E-state index < -0.39 is 5.41 Å². The van der Waals surface area contributed by atoms with E-state index in [-0.39, 0.29) is 5.78 Å². The number of ketones is 1. The van der Waals surface area contributed by atoms with Gasteiger partial charge in [0.05, 0.1) is 29.7 Å². The SMILES string of the molecule is CCC1CCC(C)N1CC(=O)c1cc(/C=C/CC(C)(C)C#N)n(-c2ccc(C#N)cc2)c1C. The summed E-state index contributed by atoms with van der Waals surface area (Å²) in [6.45, 7) is 10.6. The molecular formula is C28H34N4O. The zero-order valence-corrected chi connectivity index (χ0v) is 20.4. The molecule has 5 nitrogen and oxygen atoms in total. The summed E-state index contributed by atoms with van der Waals surface area (Å²) in [5.41, 5.74) is 3.58. The second-order valence-corrected chi connectivity index (χ2v) is 9.75. The highest BCUT2D eigenvalue weighted by molar-refractivity contribution is 5.99. The summed E-state index contributed by atoms with van der Waals surface area (Å²) in [7, 11) is 0. The van der Waals surface area contributed by atoms with Crippen molar-refractivity contribution < 1.29 is 4.79 Å². The Morgan fingerprint density at radius 3 is 2.52 bits per heavy atom. The first-order chi connectivity index (χ1) is 15.7. The van der Waals surface area contributed by atoms with Crippen LogP contribution in [-0.4, -0.2) is 33.9 Å². The highest BCUT2D eigenvalue weighted by atomic mass is 16.1. The number of hydrogen-bond acceptors (Lipinski definition) is 4. The van der Waals surface area contributed by atoms with Gasteiger partial charge in [-0.2, -0.15) is 10.5 Å². The third kappa shape index (κ3) is 5.44. The average Bonchev–Trinajstić information content (AvgIpc) is 3.32. The molecule has 5 heteroatoms. The monoisotopic (exact) mass is 442 g/mol. The molecule has 0 spiro atoms. The van der Waals surface area contributed by atoms with E-state index in [1.165, 1.54) is 0 Å². The number of benzene rings is 1. The lowest BCUT2D eigenvalue weighted by atomic mass is 9.91. The van der Waals surface area contributed by atoms with E-state index in [9.17, 15) is 10.1 Å². The average molecular weight is 443 g/mol. The number of hydrogen-bond donors (Lipinski definition) is 0. The Balaban J connectivity index is 1.98. The number of Topliss-reactive ketones (excluding diaryl/α,β-unsaturated/α-hetero) is 1. The Labute approximate surface area is 197 Å². The van der Waals surface area contributed by atoms with Gasteiger partial charge in [0.2, 0.25) is 0 Å². The normalized spacial score (nSPS) is 19.0. The third-order valence-corrected chi connectivity index (χ3v) is 6.80. The smallest absolute Gasteiger partial charge is 0.178 e. The topological polar surface area (TPSA) is 72.8 Å². The van der Waals surface area contributed by atoms with Crippen molar-refractivity contribution >= 4 is 11.9 Å². The van der Waals surface area contributed by atoms with Crippen LogP contribution in [0.5, 0.6) is 0 Å². The zero-order valence-electron chi connectivity index (χ0n) is 20.4. The van der Waals surface area contributed by atoms with Gasteiger partial charge in [-0.3, -0.25) is 9.69 Å². The summed E-state index contributed by atoms with van der Waals surface area (Å²) in [4.78, 5) is 15.8. The number of aromatic nitrogens is 1. The number of allylic oxidation sites excluding steroid dienone is 1. The summed E-state index contributed by atoms with van der Waals surface area (Å²) in [6.07, 6.45) is 7.97. The van der Waals surface area contributed by atoms with Gasteiger partial charge in [0.25, 0.3) is 0 Å². The fraction of sp³-hybridized carbons (Fsp3) is 0.464. The van der Waals surface area contributed by atoms with Crippen LogP contribution < -0.4 is 0 Å². The minimum atomic E-state index is -0.447. The molecule has 1 aliphatic rings. The molecule has 0 saturated carbocycles. The van der Waals surface area contributed by atoms with Crippen molar-refractivity contribution in [3.63, 3.8) is 0 Å². The summed E-state index contributed by atoms with van der Waals surface area (Å²) >= 11 is 0. The first-order valence-electron chi connectivity index (χ1n) is 11.8. The van der Waals surface area contributed by atoms with E-state index in [4.69, 9.17) is 5.26 Å². The van der Waals surface area contributed by atoms with Crippen molar-refractivity contribution in [3.05, 3.63) is 58.9 Å². The van der Waals surface area contributed by atoms with Crippen LogP contribution in [0.4, 0.5) is 0 Å². The Kier molecular flexibility index (Phi) is 7.57. The van der Waals surface area contributed by atoms with E-state index >= 15 is 0 Å². The highest BCUT2D eigenvalue weighted by Gasteiger charge is 2.31. The zero-order chi connectivity index (χ0) is 24.2. The van der Waals surface area contributed by atoms with Crippen LogP contribution >= 0.6 is 0 Å². The molecule has 1 aliphatic heterocycles. The lowest BCUT2D eigenvalue weighted by molar-refractivity contribution is 0.0888. The standard InChI is InChI=1S/C28H34N4O/c1-6-23-12-9-20(2)31(23)18-27(33)26-16-25(8-7-15-28(4,5)19-30)32(21(26)3)24-13-10-22(17-29)11-14-24/h7-8,10-11,13-14,16,20,23H,6,9,12,15,18H2,1-5H3/b8-7+. The van der Waals surface area contributed by atoms with Crippen molar-refractivity contribution in [2.45, 2.75) is 72.4 Å². The van der Waals surface area contributed by atoms with E-state index in [2.05, 4.69) is 35.5 Å². The number of carbonyl (C=O) groups is 1. The molecule has 0 amide bonds. The molecule has 0 N–H and O–H groups in total. The van der Waals surface area contributed by atoms with Crippen molar-refractivity contribution in [2.75, 3.05) is 6.54 Å². The molecular weight excluding hydrogens is 408 g/mol. The van der Waals surface area contributed by atoms with Crippen LogP contribution in [-0.2, 0) is 0 Å². The van der Waals surface area contributed by atoms with Gasteiger partial charge in [-0.1, -0.05) is 13.0 Å². The van der Waals surface area contributed by atoms with Gasteiger partial charge >= 0.3 is 0 Å². The molecule has 2 heterocycles. The van der Waals surface area contributed by atoms with Gasteiger partial charge in [0.15, 0.2) is 5.78 Å². The van der Waals surface area contributed by atoms with Crippen LogP contribution in [0.15, 0.2) is 36.4 Å². The van der Waals surface area contributed by atoms with E-state index in [0.29, 0.717) is 30.6 Å². The van der Waals surface area contributed by atoms with Crippen molar-refractivity contribution in [3.8, 4) is 17.8 Å². The first kappa shape index (κ1) is 24.5. The first-order valence-corrected chi connectivity index (χ1v) is 11.8. The van der Waals surface area contributed by atoms with E-state index in [1.54, 1.807) is 12.1 Å². The number of nitriles is 2. The molecule has 1 fully saturated rings. The predicted octanol–water partition coefficient (Wildman–Crippen LogP) is 6.06. The molecule has 0 radical (unpaired) electrons. The lowest BCUT2D eigenvalue weighted by Crippen LogP contribution is -2.38. The van der Waals surface area contributed by atoms with Gasteiger partial charge in [-0.05, 0) is 89.8 Å². The summed E-state index contributed by atoms with van der Waals surface area (Å²) in [5.74, 6) is 0.138. The van der Waals surface area contributed by atoms with Crippen molar-refractivity contribution in [2.24, 2.45) is 5.41 Å². The van der Waals surface area contributed by atoms with Gasteiger partial charge in [-0.15, -0.1) is 0 Å². The highest BCUT2D eigenvalue weighted by Crippen LogP contribution is 2.29. The quantitative estimate of drug-likeness (QED) is 0.466. The maximum atomic E-state index is 13.4. The number of nitrogens with zero attached hydrogens (tertiary/aromatic N) is 4.